The minimum atomic E-state index is -3.68. The molecule has 0 saturated heterocycles. The maximum atomic E-state index is 13.7. The van der Waals surface area contributed by atoms with E-state index < -0.39 is 10.1 Å². The van der Waals surface area contributed by atoms with Crippen LogP contribution in [-0.2, 0) is 20.9 Å². The molecule has 35 heavy (non-hydrogen) atoms. The van der Waals surface area contributed by atoms with Crippen molar-refractivity contribution in [3.63, 3.8) is 0 Å². The molecule has 1 aliphatic rings. The van der Waals surface area contributed by atoms with Crippen molar-refractivity contribution in [1.82, 2.24) is 10.3 Å². The molecule has 7 nitrogen and oxygen atoms in total. The Hall–Kier alpha value is -3.30. The number of aryl methyl sites for hydroxylation is 1. The number of nitrogens with one attached hydrogen (secondary N) is 1. The molecule has 1 saturated carbocycles. The van der Waals surface area contributed by atoms with Crippen LogP contribution in [0.25, 0.3) is 11.1 Å². The van der Waals surface area contributed by atoms with E-state index in [0.717, 1.165) is 24.7 Å². The van der Waals surface area contributed by atoms with Crippen LogP contribution in [0.1, 0.15) is 46.1 Å². The minimum absolute atomic E-state index is 0.226. The average Bonchev–Trinajstić information content (AvgIpc) is 3.66. The highest BCUT2D eigenvalue weighted by atomic mass is 32.2. The van der Waals surface area contributed by atoms with Crippen molar-refractivity contribution in [2.75, 3.05) is 13.4 Å². The maximum Gasteiger partial charge on any atom is 0.264 e. The average molecular weight is 499 g/mol. The molecule has 1 heterocycles. The number of rotatable bonds is 9. The summed E-state index contributed by atoms with van der Waals surface area (Å²) < 4.78 is 47.0. The number of methoxy groups -OCH3 is 1. The Morgan fingerprint density at radius 2 is 1.94 bits per heavy atom. The van der Waals surface area contributed by atoms with Crippen LogP contribution in [0.4, 0.5) is 4.39 Å². The lowest BCUT2D eigenvalue weighted by atomic mass is 9.96. The lowest BCUT2D eigenvalue weighted by molar-refractivity contribution is 0.0930. The van der Waals surface area contributed by atoms with Gasteiger partial charge in [0, 0.05) is 17.8 Å². The highest BCUT2D eigenvalue weighted by Crippen LogP contribution is 2.41. The summed E-state index contributed by atoms with van der Waals surface area (Å²) in [5.41, 5.74) is 3.64. The standard InChI is InChI=1S/C26H27FN2O5S/c1-16-10-21(27)6-7-23(16)19-11-17(15-34-35(3,31)32)12-20(13-19)26(30)29-25(18-4-5-18)24-14-22(33-2)8-9-28-24/h6-14,18,25H,4-5,15H2,1-3H3,(H,29,30)/t25-/m0/s1. The topological polar surface area (TPSA) is 94.6 Å². The van der Waals surface area contributed by atoms with Gasteiger partial charge in [-0.15, -0.1) is 0 Å². The lowest BCUT2D eigenvalue weighted by Crippen LogP contribution is -2.30. The van der Waals surface area contributed by atoms with Gasteiger partial charge in [0.05, 0.1) is 31.7 Å². The van der Waals surface area contributed by atoms with E-state index in [1.807, 2.05) is 6.07 Å². The molecule has 1 N–H and O–H groups in total. The van der Waals surface area contributed by atoms with Gasteiger partial charge >= 0.3 is 0 Å². The van der Waals surface area contributed by atoms with E-state index in [2.05, 4.69) is 10.3 Å². The zero-order valence-electron chi connectivity index (χ0n) is 19.7. The van der Waals surface area contributed by atoms with E-state index in [0.29, 0.717) is 33.7 Å². The number of carbonyl (C=O) groups excluding carboxylic acids is 1. The second-order valence-electron chi connectivity index (χ2n) is 8.75. The first-order valence-electron chi connectivity index (χ1n) is 11.2. The second-order valence-corrected chi connectivity index (χ2v) is 10.4. The van der Waals surface area contributed by atoms with Crippen molar-refractivity contribution in [3.05, 3.63) is 82.9 Å². The van der Waals surface area contributed by atoms with Crippen molar-refractivity contribution in [1.29, 1.82) is 0 Å². The van der Waals surface area contributed by atoms with Gasteiger partial charge in [-0.2, -0.15) is 8.42 Å². The van der Waals surface area contributed by atoms with Gasteiger partial charge in [0.2, 0.25) is 0 Å². The molecule has 0 bridgehead atoms. The molecule has 1 fully saturated rings. The summed E-state index contributed by atoms with van der Waals surface area (Å²) >= 11 is 0. The van der Waals surface area contributed by atoms with E-state index in [4.69, 9.17) is 8.92 Å². The summed E-state index contributed by atoms with van der Waals surface area (Å²) in [5, 5.41) is 3.09. The number of halogens is 1. The first-order valence-corrected chi connectivity index (χ1v) is 13.0. The van der Waals surface area contributed by atoms with Gasteiger partial charge in [-0.1, -0.05) is 6.07 Å². The van der Waals surface area contributed by atoms with Crippen molar-refractivity contribution < 1.29 is 26.5 Å². The molecule has 4 rings (SSSR count). The maximum absolute atomic E-state index is 13.7. The molecule has 184 valence electrons. The third-order valence-corrected chi connectivity index (χ3v) is 6.43. The van der Waals surface area contributed by atoms with E-state index in [1.54, 1.807) is 50.6 Å². The summed E-state index contributed by atoms with van der Waals surface area (Å²) in [6, 6.07) is 12.7. The summed E-state index contributed by atoms with van der Waals surface area (Å²) in [6.45, 7) is 1.55. The van der Waals surface area contributed by atoms with Crippen molar-refractivity contribution in [2.45, 2.75) is 32.4 Å². The van der Waals surface area contributed by atoms with Gasteiger partial charge in [-0.05, 0) is 84.3 Å². The summed E-state index contributed by atoms with van der Waals surface area (Å²) in [5.74, 6) is 0.241. The highest BCUT2D eigenvalue weighted by molar-refractivity contribution is 7.85. The molecular weight excluding hydrogens is 471 g/mol. The van der Waals surface area contributed by atoms with Crippen LogP contribution in [0.2, 0.25) is 0 Å². The number of carbonyl (C=O) groups is 1. The van der Waals surface area contributed by atoms with Crippen LogP contribution < -0.4 is 10.1 Å². The SMILES string of the molecule is COc1ccnc([C@@H](NC(=O)c2cc(COS(C)(=O)=O)cc(-c3ccc(F)cc3C)c2)C2CC2)c1. The van der Waals surface area contributed by atoms with Gasteiger partial charge in [0.25, 0.3) is 16.0 Å². The predicted octanol–water partition coefficient (Wildman–Crippen LogP) is 4.56. The van der Waals surface area contributed by atoms with E-state index in [-0.39, 0.29) is 30.3 Å². The van der Waals surface area contributed by atoms with Gasteiger partial charge in [0.15, 0.2) is 0 Å². The number of ether oxygens (including phenoxy) is 1. The Bertz CT molecular complexity index is 1360. The Morgan fingerprint density at radius 1 is 1.17 bits per heavy atom. The van der Waals surface area contributed by atoms with Crippen LogP contribution in [0.15, 0.2) is 54.7 Å². The molecule has 3 aromatic rings. The quantitative estimate of drug-likeness (QED) is 0.435. The van der Waals surface area contributed by atoms with Gasteiger partial charge in [-0.25, -0.2) is 4.39 Å². The molecule has 9 heteroatoms. The fourth-order valence-electron chi connectivity index (χ4n) is 4.00. The number of amides is 1. The third kappa shape index (κ3) is 6.43. The first-order chi connectivity index (χ1) is 16.6. The lowest BCUT2D eigenvalue weighted by Gasteiger charge is -2.19. The zero-order valence-corrected chi connectivity index (χ0v) is 20.6. The van der Waals surface area contributed by atoms with Crippen molar-refractivity contribution in [2.24, 2.45) is 5.92 Å². The van der Waals surface area contributed by atoms with Gasteiger partial charge in [-0.3, -0.25) is 14.0 Å². The van der Waals surface area contributed by atoms with Gasteiger partial charge < -0.3 is 10.1 Å². The molecule has 2 aromatic carbocycles. The molecule has 1 atom stereocenters. The van der Waals surface area contributed by atoms with Crippen LogP contribution in [-0.4, -0.2) is 32.7 Å². The highest BCUT2D eigenvalue weighted by Gasteiger charge is 2.35. The molecule has 1 aromatic heterocycles. The fourth-order valence-corrected chi connectivity index (χ4v) is 4.35. The Morgan fingerprint density at radius 3 is 2.60 bits per heavy atom. The third-order valence-electron chi connectivity index (χ3n) is 5.88. The number of benzene rings is 2. The number of nitrogens with zero attached hydrogens (tertiary/aromatic N) is 1. The fraction of sp³-hybridized carbons (Fsp3) is 0.308. The minimum Gasteiger partial charge on any atom is -0.497 e. The Balaban J connectivity index is 1.69. The van der Waals surface area contributed by atoms with E-state index in [1.165, 1.54) is 12.1 Å². The molecule has 0 unspecified atom stereocenters. The smallest absolute Gasteiger partial charge is 0.264 e. The summed E-state index contributed by atoms with van der Waals surface area (Å²) in [7, 11) is -2.11. The molecule has 1 aliphatic carbocycles. The first kappa shape index (κ1) is 24.8. The normalized spacial score (nSPS) is 14.4. The van der Waals surface area contributed by atoms with Crippen LogP contribution in [0, 0.1) is 18.7 Å². The number of aromatic nitrogens is 1. The predicted molar refractivity (Wildman–Crippen MR) is 130 cm³/mol. The number of hydrogen-bond donors (Lipinski definition) is 1. The molecular formula is C26H27FN2O5S. The molecule has 0 radical (unpaired) electrons. The van der Waals surface area contributed by atoms with Crippen LogP contribution in [0.3, 0.4) is 0 Å². The molecule has 0 aliphatic heterocycles. The second kappa shape index (κ2) is 10.1. The van der Waals surface area contributed by atoms with Crippen LogP contribution >= 0.6 is 0 Å². The molecule has 1 amide bonds. The summed E-state index contributed by atoms with van der Waals surface area (Å²) in [4.78, 5) is 17.8. The van der Waals surface area contributed by atoms with Gasteiger partial charge in [0.1, 0.15) is 11.6 Å². The van der Waals surface area contributed by atoms with E-state index in [9.17, 15) is 17.6 Å². The largest absolute Gasteiger partial charge is 0.497 e. The van der Waals surface area contributed by atoms with E-state index >= 15 is 0 Å². The van der Waals surface area contributed by atoms with Crippen molar-refractivity contribution >= 4 is 16.0 Å². The monoisotopic (exact) mass is 498 g/mol. The van der Waals surface area contributed by atoms with Crippen molar-refractivity contribution in [3.8, 4) is 16.9 Å². The summed E-state index contributed by atoms with van der Waals surface area (Å²) in [6.07, 6.45) is 4.57. The Labute approximate surface area is 204 Å². The van der Waals surface area contributed by atoms with Crippen LogP contribution in [0.5, 0.6) is 5.75 Å². The zero-order chi connectivity index (χ0) is 25.2. The number of pyridine rings is 1. The number of hydrogen-bond acceptors (Lipinski definition) is 6. The Kier molecular flexibility index (Phi) is 7.18. The molecule has 0 spiro atoms.